The SMILES string of the molecule is C=CC[C@H]1/C=C(/C)C[C@@H](C)C[C@H](OC)[C@@H]2O[C@@](O)(C(=O)C(=O)N3CCCC[C@H]3C(=O)O[C@H](/C(C)=C/[C@@H]3CC[C@@H](O)[C@H](OC)C3)[C@H](C)[C@@H](O)CC1=O)[C@H](C)C[C@@H]2OC. The molecule has 3 heterocycles. The first-order valence-electron chi connectivity index (χ1n) is 20.9. The summed E-state index contributed by atoms with van der Waals surface area (Å²) in [5.74, 6) is -7.76. The fourth-order valence-electron chi connectivity index (χ4n) is 9.42. The molecule has 322 valence electrons. The molecule has 1 amide bonds. The Morgan fingerprint density at radius 1 is 0.930 bits per heavy atom. The van der Waals surface area contributed by atoms with Crippen LogP contribution in [0.15, 0.2) is 36.0 Å². The van der Waals surface area contributed by atoms with Crippen molar-refractivity contribution in [1.29, 1.82) is 0 Å². The van der Waals surface area contributed by atoms with Gasteiger partial charge in [0, 0.05) is 52.0 Å². The summed E-state index contributed by atoms with van der Waals surface area (Å²) >= 11 is 0. The summed E-state index contributed by atoms with van der Waals surface area (Å²) in [6.07, 6.45) is 4.93. The third-order valence-electron chi connectivity index (χ3n) is 12.9. The average molecular weight is 804 g/mol. The zero-order valence-electron chi connectivity index (χ0n) is 35.4. The summed E-state index contributed by atoms with van der Waals surface area (Å²) < 4.78 is 29.7. The molecule has 2 saturated heterocycles. The van der Waals surface area contributed by atoms with Crippen molar-refractivity contribution in [3.8, 4) is 0 Å². The highest BCUT2D eigenvalue weighted by atomic mass is 16.7. The number of amides is 1. The number of methoxy groups -OCH3 is 3. The Hall–Kier alpha value is -2.78. The Labute approximate surface area is 339 Å². The Balaban J connectivity index is 1.78. The molecule has 0 aromatic carbocycles. The topological polar surface area (TPSA) is 178 Å². The van der Waals surface area contributed by atoms with Crippen LogP contribution in [-0.2, 0) is 42.9 Å². The minimum Gasteiger partial charge on any atom is -0.456 e. The number of ketones is 2. The number of hydrogen-bond donors (Lipinski definition) is 3. The molecule has 0 aromatic rings. The van der Waals surface area contributed by atoms with Crippen LogP contribution in [0.25, 0.3) is 0 Å². The van der Waals surface area contributed by atoms with E-state index in [9.17, 15) is 34.5 Å². The van der Waals surface area contributed by atoms with Crippen LogP contribution in [0.5, 0.6) is 0 Å². The molecule has 3 N–H and O–H groups in total. The van der Waals surface area contributed by atoms with Gasteiger partial charge < -0.3 is 43.9 Å². The van der Waals surface area contributed by atoms with E-state index in [2.05, 4.69) is 6.58 Å². The molecule has 3 aliphatic heterocycles. The second kappa shape index (κ2) is 21.0. The number of carbonyl (C=O) groups is 4. The van der Waals surface area contributed by atoms with Crippen molar-refractivity contribution < 1.29 is 58.2 Å². The number of ether oxygens (including phenoxy) is 5. The quantitative estimate of drug-likeness (QED) is 0.185. The Kier molecular flexibility index (Phi) is 17.2. The lowest BCUT2D eigenvalue weighted by Gasteiger charge is -2.47. The molecule has 0 aromatic heterocycles. The number of aliphatic hydroxyl groups is 3. The maximum absolute atomic E-state index is 14.3. The highest BCUT2D eigenvalue weighted by molar-refractivity contribution is 6.39. The van der Waals surface area contributed by atoms with Crippen LogP contribution in [0.3, 0.4) is 0 Å². The maximum atomic E-state index is 14.3. The number of esters is 1. The molecule has 4 aliphatic rings. The van der Waals surface area contributed by atoms with Gasteiger partial charge in [-0.15, -0.1) is 6.58 Å². The first-order chi connectivity index (χ1) is 27.0. The number of aliphatic hydroxyl groups excluding tert-OH is 2. The van der Waals surface area contributed by atoms with Gasteiger partial charge in [0.15, 0.2) is 0 Å². The molecular formula is C44H69NO12. The first kappa shape index (κ1) is 46.9. The summed E-state index contributed by atoms with van der Waals surface area (Å²) in [5.41, 5.74) is 1.61. The molecule has 57 heavy (non-hydrogen) atoms. The van der Waals surface area contributed by atoms with Crippen molar-refractivity contribution in [2.75, 3.05) is 27.9 Å². The number of carbonyl (C=O) groups excluding carboxylic acids is 4. The number of fused-ring (bicyclic) bond motifs is 3. The zero-order chi connectivity index (χ0) is 42.2. The zero-order valence-corrected chi connectivity index (χ0v) is 35.4. The third-order valence-corrected chi connectivity index (χ3v) is 12.9. The number of rotatable bonds is 7. The molecule has 2 bridgehead atoms. The van der Waals surface area contributed by atoms with Crippen LogP contribution in [0, 0.1) is 29.6 Å². The van der Waals surface area contributed by atoms with E-state index < -0.39 is 83.9 Å². The molecule has 14 atom stereocenters. The molecular weight excluding hydrogens is 734 g/mol. The van der Waals surface area contributed by atoms with Gasteiger partial charge in [0.2, 0.25) is 5.79 Å². The Morgan fingerprint density at radius 3 is 2.25 bits per heavy atom. The molecule has 1 saturated carbocycles. The standard InChI is InChI=1S/C44H69NO12/c1-10-13-31-19-25(2)18-26(3)20-37(54-8)40-38(55-9)22-28(5)44(52,57-40)41(49)42(50)45-17-12-11-14-32(45)43(51)56-39(29(6)34(47)24-35(31)48)27(4)21-30-15-16-33(46)36(23-30)53-7/h10,19,21,26,28-34,36-40,46-47,52H,1,11-18,20,22-24H2,2-9H3/b25-19-,27-21+/t26-,28-,29-,30+,31+,32+,33-,34+,36-,37+,38+,39-,40+,44-/m1/s1. The second-order valence-electron chi connectivity index (χ2n) is 17.3. The normalized spacial score (nSPS) is 41.0. The predicted molar refractivity (Wildman–Crippen MR) is 213 cm³/mol. The summed E-state index contributed by atoms with van der Waals surface area (Å²) in [6, 6.07) is -1.14. The number of Topliss-reactive ketones (excluding diaryl/α,β-unsaturated/α-hetero) is 2. The van der Waals surface area contributed by atoms with Crippen LogP contribution in [-0.4, -0.2) is 126 Å². The Morgan fingerprint density at radius 2 is 1.60 bits per heavy atom. The average Bonchev–Trinajstić information content (AvgIpc) is 3.18. The summed E-state index contributed by atoms with van der Waals surface area (Å²) in [4.78, 5) is 57.8. The van der Waals surface area contributed by atoms with Crippen LogP contribution in [0.1, 0.15) is 105 Å². The lowest BCUT2D eigenvalue weighted by molar-refractivity contribution is -0.302. The molecule has 0 radical (unpaired) electrons. The molecule has 0 spiro atoms. The summed E-state index contributed by atoms with van der Waals surface area (Å²) in [7, 11) is 4.61. The van der Waals surface area contributed by atoms with E-state index in [4.69, 9.17) is 23.7 Å². The van der Waals surface area contributed by atoms with Gasteiger partial charge in [0.25, 0.3) is 11.7 Å². The fourth-order valence-corrected chi connectivity index (χ4v) is 9.42. The van der Waals surface area contributed by atoms with Crippen LogP contribution in [0.2, 0.25) is 0 Å². The Bertz CT molecular complexity index is 1480. The van der Waals surface area contributed by atoms with E-state index in [-0.39, 0.29) is 49.5 Å². The van der Waals surface area contributed by atoms with Gasteiger partial charge in [-0.2, -0.15) is 0 Å². The monoisotopic (exact) mass is 803 g/mol. The van der Waals surface area contributed by atoms with Crippen molar-refractivity contribution in [3.63, 3.8) is 0 Å². The molecule has 13 nitrogen and oxygen atoms in total. The van der Waals surface area contributed by atoms with Gasteiger partial charge in [-0.05, 0) is 95.5 Å². The lowest BCUT2D eigenvalue weighted by Crippen LogP contribution is -2.64. The summed E-state index contributed by atoms with van der Waals surface area (Å²) in [6.45, 7) is 13.1. The largest absolute Gasteiger partial charge is 0.456 e. The van der Waals surface area contributed by atoms with Gasteiger partial charge in [0.05, 0.1) is 30.5 Å². The smallest absolute Gasteiger partial charge is 0.329 e. The number of nitrogens with zero attached hydrogens (tertiary/aromatic N) is 1. The van der Waals surface area contributed by atoms with Crippen molar-refractivity contribution in [2.24, 2.45) is 29.6 Å². The van der Waals surface area contributed by atoms with E-state index in [1.165, 1.54) is 19.1 Å². The number of hydrogen-bond acceptors (Lipinski definition) is 12. The van der Waals surface area contributed by atoms with Crippen LogP contribution in [0.4, 0.5) is 0 Å². The van der Waals surface area contributed by atoms with Crippen molar-refractivity contribution >= 4 is 23.4 Å². The molecule has 0 unspecified atom stereocenters. The molecule has 13 heteroatoms. The fraction of sp³-hybridized carbons (Fsp3) is 0.773. The lowest BCUT2D eigenvalue weighted by atomic mass is 9.81. The molecule has 4 rings (SSSR count). The molecule has 3 fully saturated rings. The highest BCUT2D eigenvalue weighted by Crippen LogP contribution is 2.39. The van der Waals surface area contributed by atoms with Gasteiger partial charge in [-0.25, -0.2) is 4.79 Å². The minimum atomic E-state index is -2.51. The van der Waals surface area contributed by atoms with Gasteiger partial charge in [0.1, 0.15) is 24.0 Å². The van der Waals surface area contributed by atoms with Crippen molar-refractivity contribution in [2.45, 2.75) is 160 Å². The maximum Gasteiger partial charge on any atom is 0.329 e. The highest BCUT2D eigenvalue weighted by Gasteiger charge is 2.56. The van der Waals surface area contributed by atoms with E-state index in [0.29, 0.717) is 56.9 Å². The van der Waals surface area contributed by atoms with Gasteiger partial charge >= 0.3 is 5.97 Å². The van der Waals surface area contributed by atoms with E-state index in [1.807, 2.05) is 32.9 Å². The number of cyclic esters (lactones) is 1. The van der Waals surface area contributed by atoms with Crippen molar-refractivity contribution in [3.05, 3.63) is 36.0 Å². The molecule has 1 aliphatic carbocycles. The summed E-state index contributed by atoms with van der Waals surface area (Å²) in [5, 5.41) is 34.1. The third kappa shape index (κ3) is 11.3. The number of allylic oxidation sites excluding steroid dienone is 4. The first-order valence-corrected chi connectivity index (χ1v) is 20.9. The minimum absolute atomic E-state index is 0.00988. The van der Waals surface area contributed by atoms with E-state index >= 15 is 0 Å². The second-order valence-corrected chi connectivity index (χ2v) is 17.3. The van der Waals surface area contributed by atoms with Gasteiger partial charge in [-0.3, -0.25) is 14.4 Å². The van der Waals surface area contributed by atoms with Crippen LogP contribution >= 0.6 is 0 Å². The van der Waals surface area contributed by atoms with Crippen LogP contribution < -0.4 is 0 Å². The van der Waals surface area contributed by atoms with E-state index in [0.717, 1.165) is 5.57 Å². The van der Waals surface area contributed by atoms with Gasteiger partial charge in [-0.1, -0.05) is 44.6 Å². The van der Waals surface area contributed by atoms with Crippen molar-refractivity contribution in [1.82, 2.24) is 4.90 Å². The predicted octanol–water partition coefficient (Wildman–Crippen LogP) is 4.64. The van der Waals surface area contributed by atoms with E-state index in [1.54, 1.807) is 27.0 Å². The number of piperidine rings is 1.